The van der Waals surface area contributed by atoms with Crippen LogP contribution in [0.15, 0.2) is 0 Å². The largest absolute Gasteiger partial charge is 0.480 e. The van der Waals surface area contributed by atoms with Crippen molar-refractivity contribution in [3.05, 3.63) is 0 Å². The predicted molar refractivity (Wildman–Crippen MR) is 63.8 cm³/mol. The average molecular weight is 264 g/mol. The van der Waals surface area contributed by atoms with Gasteiger partial charge in [0.1, 0.15) is 6.54 Å². The minimum absolute atomic E-state index is 0.304. The van der Waals surface area contributed by atoms with E-state index in [-0.39, 0.29) is 0 Å². The van der Waals surface area contributed by atoms with E-state index >= 15 is 0 Å². The van der Waals surface area contributed by atoms with Crippen LogP contribution in [0.25, 0.3) is 0 Å². The van der Waals surface area contributed by atoms with Gasteiger partial charge in [0, 0.05) is 19.6 Å². The van der Waals surface area contributed by atoms with Gasteiger partial charge in [-0.1, -0.05) is 19.8 Å². The van der Waals surface area contributed by atoms with Gasteiger partial charge in [-0.15, -0.1) is 0 Å². The number of carboxylic acids is 1. The van der Waals surface area contributed by atoms with E-state index in [1.165, 1.54) is 4.31 Å². The normalized spacial score (nSPS) is 21.5. The topological polar surface area (TPSA) is 77.9 Å². The van der Waals surface area contributed by atoms with E-state index in [2.05, 4.69) is 6.92 Å². The first kappa shape index (κ1) is 14.4. The Morgan fingerprint density at radius 2 is 1.88 bits per heavy atom. The second-order valence-corrected chi connectivity index (χ2v) is 6.12. The van der Waals surface area contributed by atoms with E-state index in [4.69, 9.17) is 5.11 Å². The minimum atomic E-state index is -3.55. The Kier molecular flexibility index (Phi) is 5.35. The zero-order valence-corrected chi connectivity index (χ0v) is 10.9. The molecule has 0 radical (unpaired) electrons. The molecule has 0 atom stereocenters. The van der Waals surface area contributed by atoms with Crippen molar-refractivity contribution in [2.75, 3.05) is 26.2 Å². The molecule has 0 spiro atoms. The number of rotatable bonds is 6. The van der Waals surface area contributed by atoms with Crippen LogP contribution in [0.4, 0.5) is 0 Å². The van der Waals surface area contributed by atoms with Gasteiger partial charge in [0.15, 0.2) is 0 Å². The molecule has 1 fully saturated rings. The van der Waals surface area contributed by atoms with Gasteiger partial charge >= 0.3 is 5.97 Å². The van der Waals surface area contributed by atoms with Crippen LogP contribution in [0.3, 0.4) is 0 Å². The minimum Gasteiger partial charge on any atom is -0.480 e. The molecule has 1 aliphatic rings. The van der Waals surface area contributed by atoms with E-state index in [1.54, 1.807) is 0 Å². The maximum atomic E-state index is 12.0. The molecule has 0 saturated carbocycles. The zero-order chi connectivity index (χ0) is 12.9. The fourth-order valence-electron chi connectivity index (χ4n) is 1.89. The summed E-state index contributed by atoms with van der Waals surface area (Å²) in [7, 11) is -3.55. The fourth-order valence-corrected chi connectivity index (χ4v) is 3.57. The van der Waals surface area contributed by atoms with E-state index in [0.717, 1.165) is 23.6 Å². The van der Waals surface area contributed by atoms with E-state index in [9.17, 15) is 13.2 Å². The van der Waals surface area contributed by atoms with Crippen LogP contribution in [0.5, 0.6) is 0 Å². The van der Waals surface area contributed by atoms with Crippen LogP contribution >= 0.6 is 0 Å². The highest BCUT2D eigenvalue weighted by Gasteiger charge is 2.34. The maximum Gasteiger partial charge on any atom is 0.318 e. The first-order chi connectivity index (χ1) is 7.98. The zero-order valence-electron chi connectivity index (χ0n) is 10.1. The Labute approximate surface area is 102 Å². The van der Waals surface area contributed by atoms with Crippen molar-refractivity contribution >= 4 is 16.2 Å². The molecule has 0 aromatic rings. The van der Waals surface area contributed by atoms with Crippen molar-refractivity contribution in [3.63, 3.8) is 0 Å². The summed E-state index contributed by atoms with van der Waals surface area (Å²) in [5.41, 5.74) is 0. The molecule has 0 unspecified atom stereocenters. The number of hydrogen-bond donors (Lipinski definition) is 1. The van der Waals surface area contributed by atoms with Crippen LogP contribution in [-0.4, -0.2) is 54.3 Å². The summed E-state index contributed by atoms with van der Waals surface area (Å²) in [4.78, 5) is 10.6. The lowest BCUT2D eigenvalue weighted by Gasteiger charge is -2.33. The van der Waals surface area contributed by atoms with Crippen LogP contribution in [0.2, 0.25) is 0 Å². The molecule has 0 aromatic carbocycles. The molecule has 0 aromatic heterocycles. The SMILES string of the molecule is CCCCCN1CCCN(CC(=O)O)S1(=O)=O. The van der Waals surface area contributed by atoms with Crippen LogP contribution < -0.4 is 0 Å². The lowest BCUT2D eigenvalue weighted by Crippen LogP contribution is -2.51. The van der Waals surface area contributed by atoms with Crippen molar-refractivity contribution in [3.8, 4) is 0 Å². The molecule has 1 rings (SSSR count). The Bertz CT molecular complexity index is 355. The van der Waals surface area contributed by atoms with E-state index in [1.807, 2.05) is 0 Å². The molecule has 1 saturated heterocycles. The van der Waals surface area contributed by atoms with Crippen molar-refractivity contribution in [1.29, 1.82) is 0 Å². The second kappa shape index (κ2) is 6.32. The van der Waals surface area contributed by atoms with Crippen LogP contribution in [-0.2, 0) is 15.0 Å². The molecular weight excluding hydrogens is 244 g/mol. The van der Waals surface area contributed by atoms with E-state index in [0.29, 0.717) is 26.1 Å². The highest BCUT2D eigenvalue weighted by molar-refractivity contribution is 7.86. The molecule has 6 nitrogen and oxygen atoms in total. The molecule has 1 N–H and O–H groups in total. The van der Waals surface area contributed by atoms with Crippen molar-refractivity contribution in [2.24, 2.45) is 0 Å². The highest BCUT2D eigenvalue weighted by Crippen LogP contribution is 2.16. The lowest BCUT2D eigenvalue weighted by atomic mass is 10.2. The number of carboxylic acid groups (broad SMARTS) is 1. The smallest absolute Gasteiger partial charge is 0.318 e. The molecule has 1 aliphatic heterocycles. The third-order valence-corrected chi connectivity index (χ3v) is 4.77. The van der Waals surface area contributed by atoms with Crippen LogP contribution in [0.1, 0.15) is 32.6 Å². The molecule has 100 valence electrons. The Hall–Kier alpha value is -0.660. The second-order valence-electron chi connectivity index (χ2n) is 4.19. The summed E-state index contributed by atoms with van der Waals surface area (Å²) in [6.07, 6.45) is 3.55. The van der Waals surface area contributed by atoms with Gasteiger partial charge in [-0.2, -0.15) is 17.0 Å². The molecule has 0 amide bonds. The number of hydrogen-bond acceptors (Lipinski definition) is 3. The summed E-state index contributed by atoms with van der Waals surface area (Å²) in [5.74, 6) is -1.11. The predicted octanol–water partition coefficient (Wildman–Crippen LogP) is 0.514. The van der Waals surface area contributed by atoms with Gasteiger partial charge in [0.25, 0.3) is 10.2 Å². The monoisotopic (exact) mass is 264 g/mol. The van der Waals surface area contributed by atoms with Crippen molar-refractivity contribution in [2.45, 2.75) is 32.6 Å². The van der Waals surface area contributed by atoms with E-state index < -0.39 is 22.7 Å². The Morgan fingerprint density at radius 3 is 2.47 bits per heavy atom. The number of nitrogens with zero attached hydrogens (tertiary/aromatic N) is 2. The average Bonchev–Trinajstić information content (AvgIpc) is 2.23. The first-order valence-electron chi connectivity index (χ1n) is 5.95. The van der Waals surface area contributed by atoms with Gasteiger partial charge in [-0.3, -0.25) is 4.79 Å². The van der Waals surface area contributed by atoms with Gasteiger partial charge in [-0.25, -0.2) is 0 Å². The molecular formula is C10H20N2O4S. The number of carbonyl (C=O) groups is 1. The molecule has 7 heteroatoms. The third kappa shape index (κ3) is 3.93. The maximum absolute atomic E-state index is 12.0. The van der Waals surface area contributed by atoms with Gasteiger partial charge in [-0.05, 0) is 12.8 Å². The quantitative estimate of drug-likeness (QED) is 0.709. The fraction of sp³-hybridized carbons (Fsp3) is 0.900. The molecule has 0 bridgehead atoms. The number of unbranched alkanes of at least 4 members (excludes halogenated alkanes) is 2. The standard InChI is InChI=1S/C10H20N2O4S/c1-2-3-4-6-11-7-5-8-12(9-10(13)14)17(11,15)16/h2-9H2,1H3,(H,13,14). The van der Waals surface area contributed by atoms with Crippen LogP contribution in [0, 0.1) is 0 Å². The summed E-state index contributed by atoms with van der Waals surface area (Å²) in [5, 5.41) is 8.67. The summed E-state index contributed by atoms with van der Waals surface area (Å²) in [6.45, 7) is 2.92. The highest BCUT2D eigenvalue weighted by atomic mass is 32.2. The molecule has 17 heavy (non-hydrogen) atoms. The summed E-state index contributed by atoms with van der Waals surface area (Å²) in [6, 6.07) is 0. The molecule has 1 heterocycles. The summed E-state index contributed by atoms with van der Waals surface area (Å²) < 4.78 is 26.5. The van der Waals surface area contributed by atoms with Gasteiger partial charge in [0.2, 0.25) is 0 Å². The first-order valence-corrected chi connectivity index (χ1v) is 7.35. The number of aliphatic carboxylic acids is 1. The third-order valence-electron chi connectivity index (χ3n) is 2.79. The molecule has 0 aliphatic carbocycles. The summed E-state index contributed by atoms with van der Waals surface area (Å²) >= 11 is 0. The van der Waals surface area contributed by atoms with Crippen molar-refractivity contribution < 1.29 is 18.3 Å². The van der Waals surface area contributed by atoms with Crippen molar-refractivity contribution in [1.82, 2.24) is 8.61 Å². The van der Waals surface area contributed by atoms with Gasteiger partial charge in [0.05, 0.1) is 0 Å². The van der Waals surface area contributed by atoms with Gasteiger partial charge < -0.3 is 5.11 Å². The lowest BCUT2D eigenvalue weighted by molar-refractivity contribution is -0.137. The Balaban J connectivity index is 2.63. The Morgan fingerprint density at radius 1 is 1.24 bits per heavy atom.